The summed E-state index contributed by atoms with van der Waals surface area (Å²) in [5.74, 6) is 1.42. The third-order valence-electron chi connectivity index (χ3n) is 4.29. The highest BCUT2D eigenvalue weighted by Gasteiger charge is 2.20. The lowest BCUT2D eigenvalue weighted by Crippen LogP contribution is -2.37. The predicted octanol–water partition coefficient (Wildman–Crippen LogP) is 3.37. The van der Waals surface area contributed by atoms with Gasteiger partial charge in [0.1, 0.15) is 23.1 Å². The second kappa shape index (κ2) is 9.73. The molecule has 0 saturated heterocycles. The van der Waals surface area contributed by atoms with Crippen LogP contribution in [0.1, 0.15) is 19.2 Å². The lowest BCUT2D eigenvalue weighted by atomic mass is 10.2. The summed E-state index contributed by atoms with van der Waals surface area (Å²) in [5.41, 5.74) is 0.630. The van der Waals surface area contributed by atoms with E-state index in [-0.39, 0.29) is 24.2 Å². The Morgan fingerprint density at radius 2 is 1.87 bits per heavy atom. The zero-order valence-electron chi connectivity index (χ0n) is 16.8. The Kier molecular flexibility index (Phi) is 6.84. The number of benzene rings is 2. The van der Waals surface area contributed by atoms with Crippen LogP contribution in [0.25, 0.3) is 11.4 Å². The zero-order chi connectivity index (χ0) is 21.5. The summed E-state index contributed by atoms with van der Waals surface area (Å²) in [6.07, 6.45) is -0.305. The lowest BCUT2D eigenvalue weighted by Gasteiger charge is -2.16. The maximum atomic E-state index is 13.0. The van der Waals surface area contributed by atoms with E-state index in [1.54, 1.807) is 25.3 Å². The van der Waals surface area contributed by atoms with Gasteiger partial charge in [0.05, 0.1) is 26.3 Å². The molecule has 0 fully saturated rings. The molecule has 1 aromatic heterocycles. The second-order valence-corrected chi connectivity index (χ2v) is 6.26. The van der Waals surface area contributed by atoms with Gasteiger partial charge in [-0.25, -0.2) is 4.39 Å². The van der Waals surface area contributed by atoms with E-state index < -0.39 is 6.10 Å². The van der Waals surface area contributed by atoms with Crippen LogP contribution < -0.4 is 19.5 Å². The SMILES string of the molecule is CCC(Oc1ccc(F)cc1)C(=O)NCc1nc(-c2ccc(OC)cc2OC)no1. The molecule has 158 valence electrons. The normalized spacial score (nSPS) is 11.6. The summed E-state index contributed by atoms with van der Waals surface area (Å²) in [6, 6.07) is 10.7. The van der Waals surface area contributed by atoms with E-state index >= 15 is 0 Å². The molecule has 1 amide bonds. The number of nitrogens with zero attached hydrogens (tertiary/aromatic N) is 2. The Labute approximate surface area is 173 Å². The van der Waals surface area contributed by atoms with E-state index in [2.05, 4.69) is 15.5 Å². The quantitative estimate of drug-likeness (QED) is 0.572. The molecule has 30 heavy (non-hydrogen) atoms. The van der Waals surface area contributed by atoms with Crippen molar-refractivity contribution < 1.29 is 27.9 Å². The smallest absolute Gasteiger partial charge is 0.261 e. The Morgan fingerprint density at radius 1 is 1.13 bits per heavy atom. The number of carbonyl (C=O) groups is 1. The predicted molar refractivity (Wildman–Crippen MR) is 106 cm³/mol. The highest BCUT2D eigenvalue weighted by Crippen LogP contribution is 2.31. The van der Waals surface area contributed by atoms with Crippen LogP contribution in [0.15, 0.2) is 47.0 Å². The van der Waals surface area contributed by atoms with Crippen molar-refractivity contribution in [2.24, 2.45) is 0 Å². The number of hydrogen-bond acceptors (Lipinski definition) is 7. The number of methoxy groups -OCH3 is 2. The van der Waals surface area contributed by atoms with Crippen molar-refractivity contribution in [1.82, 2.24) is 15.5 Å². The van der Waals surface area contributed by atoms with Crippen LogP contribution in [0.3, 0.4) is 0 Å². The van der Waals surface area contributed by atoms with Crippen molar-refractivity contribution in [1.29, 1.82) is 0 Å². The van der Waals surface area contributed by atoms with Crippen LogP contribution in [0.5, 0.6) is 17.2 Å². The fourth-order valence-corrected chi connectivity index (χ4v) is 2.70. The van der Waals surface area contributed by atoms with E-state index in [4.69, 9.17) is 18.7 Å². The minimum absolute atomic E-state index is 0.0353. The number of aromatic nitrogens is 2. The molecule has 0 aliphatic carbocycles. The zero-order valence-corrected chi connectivity index (χ0v) is 16.8. The monoisotopic (exact) mass is 415 g/mol. The van der Waals surface area contributed by atoms with Gasteiger partial charge in [-0.2, -0.15) is 4.98 Å². The van der Waals surface area contributed by atoms with Gasteiger partial charge in [-0.05, 0) is 42.8 Å². The topological polar surface area (TPSA) is 95.7 Å². The van der Waals surface area contributed by atoms with Crippen molar-refractivity contribution >= 4 is 5.91 Å². The highest BCUT2D eigenvalue weighted by molar-refractivity contribution is 5.81. The van der Waals surface area contributed by atoms with Crippen molar-refractivity contribution in [3.63, 3.8) is 0 Å². The van der Waals surface area contributed by atoms with Gasteiger partial charge >= 0.3 is 0 Å². The molecule has 0 aliphatic heterocycles. The van der Waals surface area contributed by atoms with E-state index in [1.165, 1.54) is 31.4 Å². The standard InChI is InChI=1S/C21H22FN3O5/c1-4-17(29-14-7-5-13(22)6-8-14)21(26)23-12-19-24-20(25-30-19)16-10-9-15(27-2)11-18(16)28-3/h5-11,17H,4,12H2,1-3H3,(H,23,26). The molecule has 0 spiro atoms. The third kappa shape index (κ3) is 5.05. The molecular formula is C21H22FN3O5. The van der Waals surface area contributed by atoms with Gasteiger partial charge in [0.2, 0.25) is 11.7 Å². The Hall–Kier alpha value is -3.62. The number of rotatable bonds is 9. The van der Waals surface area contributed by atoms with Gasteiger partial charge in [-0.15, -0.1) is 0 Å². The molecule has 2 aromatic carbocycles. The first-order valence-corrected chi connectivity index (χ1v) is 9.29. The minimum Gasteiger partial charge on any atom is -0.497 e. The van der Waals surface area contributed by atoms with Gasteiger partial charge in [0, 0.05) is 6.07 Å². The van der Waals surface area contributed by atoms with Gasteiger partial charge in [-0.1, -0.05) is 12.1 Å². The van der Waals surface area contributed by atoms with E-state index in [9.17, 15) is 9.18 Å². The molecule has 9 heteroatoms. The Morgan fingerprint density at radius 3 is 2.53 bits per heavy atom. The van der Waals surface area contributed by atoms with Crippen LogP contribution in [-0.2, 0) is 11.3 Å². The van der Waals surface area contributed by atoms with E-state index in [0.29, 0.717) is 35.1 Å². The van der Waals surface area contributed by atoms with Crippen LogP contribution >= 0.6 is 0 Å². The molecular weight excluding hydrogens is 393 g/mol. The number of halogens is 1. The van der Waals surface area contributed by atoms with Crippen LogP contribution in [-0.4, -0.2) is 36.4 Å². The molecule has 1 N–H and O–H groups in total. The van der Waals surface area contributed by atoms with Crippen molar-refractivity contribution in [3.8, 4) is 28.6 Å². The van der Waals surface area contributed by atoms with Crippen molar-refractivity contribution in [3.05, 3.63) is 54.2 Å². The fraction of sp³-hybridized carbons (Fsp3) is 0.286. The minimum atomic E-state index is -0.737. The lowest BCUT2D eigenvalue weighted by molar-refractivity contribution is -0.128. The summed E-state index contributed by atoms with van der Waals surface area (Å²) in [7, 11) is 3.10. The fourth-order valence-electron chi connectivity index (χ4n) is 2.70. The van der Waals surface area contributed by atoms with Crippen molar-refractivity contribution in [2.75, 3.05) is 14.2 Å². The summed E-state index contributed by atoms with van der Waals surface area (Å²) in [5, 5.41) is 6.65. The number of ether oxygens (including phenoxy) is 3. The molecule has 0 bridgehead atoms. The third-order valence-corrected chi connectivity index (χ3v) is 4.29. The van der Waals surface area contributed by atoms with E-state index in [0.717, 1.165) is 0 Å². The Balaban J connectivity index is 1.63. The molecule has 1 atom stereocenters. The maximum Gasteiger partial charge on any atom is 0.261 e. The molecule has 0 saturated carbocycles. The molecule has 8 nitrogen and oxygen atoms in total. The Bertz CT molecular complexity index is 991. The first-order valence-electron chi connectivity index (χ1n) is 9.29. The van der Waals surface area contributed by atoms with Gasteiger partial charge in [0.25, 0.3) is 5.91 Å². The first kappa shape index (κ1) is 21.1. The largest absolute Gasteiger partial charge is 0.497 e. The molecule has 1 unspecified atom stereocenters. The number of amides is 1. The molecule has 0 radical (unpaired) electrons. The second-order valence-electron chi connectivity index (χ2n) is 6.26. The summed E-state index contributed by atoms with van der Waals surface area (Å²) in [6.45, 7) is 1.85. The van der Waals surface area contributed by atoms with Crippen molar-refractivity contribution in [2.45, 2.75) is 26.0 Å². The van der Waals surface area contributed by atoms with Crippen LogP contribution in [0.4, 0.5) is 4.39 Å². The van der Waals surface area contributed by atoms with Gasteiger partial charge in [-0.3, -0.25) is 4.79 Å². The maximum absolute atomic E-state index is 13.0. The van der Waals surface area contributed by atoms with Gasteiger partial charge < -0.3 is 24.1 Å². The first-order chi connectivity index (χ1) is 14.5. The van der Waals surface area contributed by atoms with E-state index in [1.807, 2.05) is 6.92 Å². The summed E-state index contributed by atoms with van der Waals surface area (Å²) in [4.78, 5) is 16.7. The molecule has 0 aliphatic rings. The molecule has 3 aromatic rings. The average Bonchev–Trinajstić information content (AvgIpc) is 3.25. The molecule has 1 heterocycles. The summed E-state index contributed by atoms with van der Waals surface area (Å²) < 4.78 is 34.4. The highest BCUT2D eigenvalue weighted by atomic mass is 19.1. The van der Waals surface area contributed by atoms with Crippen LogP contribution in [0, 0.1) is 5.82 Å². The van der Waals surface area contributed by atoms with Crippen LogP contribution in [0.2, 0.25) is 0 Å². The number of carbonyl (C=O) groups excluding carboxylic acids is 1. The number of nitrogens with one attached hydrogen (secondary N) is 1. The number of hydrogen-bond donors (Lipinski definition) is 1. The summed E-state index contributed by atoms with van der Waals surface area (Å²) >= 11 is 0. The van der Waals surface area contributed by atoms with Gasteiger partial charge in [0.15, 0.2) is 6.10 Å². The molecule has 3 rings (SSSR count). The average molecular weight is 415 g/mol.